The first-order chi connectivity index (χ1) is 7.09. The second kappa shape index (κ2) is 6.51. The molecule has 1 aliphatic rings. The average molecular weight is 276 g/mol. The van der Waals surface area contributed by atoms with E-state index < -0.39 is 0 Å². The molecule has 1 unspecified atom stereocenters. The van der Waals surface area contributed by atoms with E-state index in [0.29, 0.717) is 16.7 Å². The number of amides is 1. The van der Waals surface area contributed by atoms with Gasteiger partial charge < -0.3 is 5.32 Å². The first-order valence-electron chi connectivity index (χ1n) is 6.01. The van der Waals surface area contributed by atoms with Crippen LogP contribution >= 0.6 is 15.9 Å². The molecule has 1 saturated carbocycles. The van der Waals surface area contributed by atoms with Crippen LogP contribution in [0.3, 0.4) is 0 Å². The predicted molar refractivity (Wildman–Crippen MR) is 67.1 cm³/mol. The van der Waals surface area contributed by atoms with Crippen LogP contribution in [0.2, 0.25) is 0 Å². The Morgan fingerprint density at radius 1 is 1.40 bits per heavy atom. The van der Waals surface area contributed by atoms with E-state index >= 15 is 0 Å². The van der Waals surface area contributed by atoms with Crippen molar-refractivity contribution < 1.29 is 4.79 Å². The first kappa shape index (κ1) is 13.0. The molecule has 0 saturated heterocycles. The number of rotatable bonds is 5. The van der Waals surface area contributed by atoms with Crippen LogP contribution in [0.1, 0.15) is 46.0 Å². The third-order valence-electron chi connectivity index (χ3n) is 2.95. The smallest absolute Gasteiger partial charge is 0.223 e. The van der Waals surface area contributed by atoms with Gasteiger partial charge in [0.1, 0.15) is 0 Å². The molecule has 1 aliphatic carbocycles. The van der Waals surface area contributed by atoms with Crippen LogP contribution in [0, 0.1) is 11.8 Å². The number of hydrogen-bond donors (Lipinski definition) is 1. The summed E-state index contributed by atoms with van der Waals surface area (Å²) < 4.78 is 0. The van der Waals surface area contributed by atoms with Crippen LogP contribution in [0.5, 0.6) is 0 Å². The molecule has 0 bridgehead atoms. The fraction of sp³-hybridized carbons (Fsp3) is 0.917. The van der Waals surface area contributed by atoms with E-state index in [4.69, 9.17) is 0 Å². The van der Waals surface area contributed by atoms with E-state index in [-0.39, 0.29) is 5.91 Å². The minimum Gasteiger partial charge on any atom is -0.355 e. The van der Waals surface area contributed by atoms with E-state index in [1.54, 1.807) is 0 Å². The van der Waals surface area contributed by atoms with Crippen molar-refractivity contribution in [1.29, 1.82) is 0 Å². The van der Waals surface area contributed by atoms with Crippen molar-refractivity contribution >= 4 is 21.8 Å². The average Bonchev–Trinajstić information content (AvgIpc) is 2.65. The standard InChI is InChI=1S/C12H22BrNO/c1-9(2)7-11(13)8-14-12(15)10-5-3-4-6-10/h9-11H,3-8H2,1-2H3,(H,14,15). The molecule has 1 atom stereocenters. The Morgan fingerprint density at radius 3 is 2.53 bits per heavy atom. The summed E-state index contributed by atoms with van der Waals surface area (Å²) in [4.78, 5) is 12.1. The largest absolute Gasteiger partial charge is 0.355 e. The summed E-state index contributed by atoms with van der Waals surface area (Å²) in [5.74, 6) is 1.24. The Bertz CT molecular complexity index is 200. The quantitative estimate of drug-likeness (QED) is 0.768. The van der Waals surface area contributed by atoms with Gasteiger partial charge in [-0.2, -0.15) is 0 Å². The predicted octanol–water partition coefficient (Wildman–Crippen LogP) is 3.10. The van der Waals surface area contributed by atoms with Crippen molar-refractivity contribution in [2.45, 2.75) is 50.8 Å². The lowest BCUT2D eigenvalue weighted by atomic mass is 10.1. The lowest BCUT2D eigenvalue weighted by Gasteiger charge is -2.15. The first-order valence-corrected chi connectivity index (χ1v) is 6.93. The monoisotopic (exact) mass is 275 g/mol. The normalized spacial score (nSPS) is 19.5. The number of carbonyl (C=O) groups is 1. The molecular weight excluding hydrogens is 254 g/mol. The van der Waals surface area contributed by atoms with Gasteiger partial charge in [-0.15, -0.1) is 0 Å². The molecule has 15 heavy (non-hydrogen) atoms. The van der Waals surface area contributed by atoms with Crippen LogP contribution in [-0.4, -0.2) is 17.3 Å². The maximum absolute atomic E-state index is 11.7. The van der Waals surface area contributed by atoms with E-state index in [2.05, 4.69) is 35.1 Å². The van der Waals surface area contributed by atoms with Gasteiger partial charge in [0.2, 0.25) is 5.91 Å². The number of nitrogens with one attached hydrogen (secondary N) is 1. The molecule has 1 amide bonds. The zero-order chi connectivity index (χ0) is 11.3. The summed E-state index contributed by atoms with van der Waals surface area (Å²) in [5, 5.41) is 3.04. The molecular formula is C12H22BrNO. The second-order valence-corrected chi connectivity index (χ2v) is 6.25. The fourth-order valence-electron chi connectivity index (χ4n) is 2.14. The van der Waals surface area contributed by atoms with Gasteiger partial charge in [0, 0.05) is 17.3 Å². The van der Waals surface area contributed by atoms with E-state index in [1.165, 1.54) is 12.8 Å². The van der Waals surface area contributed by atoms with Crippen LogP contribution in [0.25, 0.3) is 0 Å². The molecule has 0 aliphatic heterocycles. The molecule has 1 rings (SSSR count). The van der Waals surface area contributed by atoms with Gasteiger partial charge in [0.15, 0.2) is 0 Å². The third-order valence-corrected chi connectivity index (χ3v) is 3.65. The summed E-state index contributed by atoms with van der Waals surface area (Å²) in [5.41, 5.74) is 0. The van der Waals surface area contributed by atoms with Crippen molar-refractivity contribution in [2.75, 3.05) is 6.54 Å². The van der Waals surface area contributed by atoms with Gasteiger partial charge in [-0.1, -0.05) is 42.6 Å². The van der Waals surface area contributed by atoms with Crippen LogP contribution < -0.4 is 5.32 Å². The molecule has 0 aromatic heterocycles. The SMILES string of the molecule is CC(C)CC(Br)CNC(=O)C1CCCC1. The third kappa shape index (κ3) is 5.01. The second-order valence-electron chi connectivity index (χ2n) is 4.95. The van der Waals surface area contributed by atoms with Crippen LogP contribution in [0.15, 0.2) is 0 Å². The number of alkyl halides is 1. The Labute approximate surface area is 101 Å². The molecule has 3 heteroatoms. The Balaban J connectivity index is 2.15. The van der Waals surface area contributed by atoms with Crippen molar-refractivity contribution in [3.8, 4) is 0 Å². The van der Waals surface area contributed by atoms with Crippen LogP contribution in [0.4, 0.5) is 0 Å². The molecule has 1 fully saturated rings. The Morgan fingerprint density at radius 2 is 2.00 bits per heavy atom. The van der Waals surface area contributed by atoms with Crippen molar-refractivity contribution in [3.05, 3.63) is 0 Å². The highest BCUT2D eigenvalue weighted by Gasteiger charge is 2.22. The van der Waals surface area contributed by atoms with Crippen molar-refractivity contribution in [1.82, 2.24) is 5.32 Å². The Hall–Kier alpha value is -0.0500. The molecule has 0 spiro atoms. The summed E-state index contributed by atoms with van der Waals surface area (Å²) in [6, 6.07) is 0. The van der Waals surface area contributed by atoms with Crippen molar-refractivity contribution in [2.24, 2.45) is 11.8 Å². The molecule has 0 aromatic carbocycles. The van der Waals surface area contributed by atoms with Crippen molar-refractivity contribution in [3.63, 3.8) is 0 Å². The van der Waals surface area contributed by atoms with Gasteiger partial charge in [0.25, 0.3) is 0 Å². The topological polar surface area (TPSA) is 29.1 Å². The highest BCUT2D eigenvalue weighted by molar-refractivity contribution is 9.09. The van der Waals surface area contributed by atoms with Crippen LogP contribution in [-0.2, 0) is 4.79 Å². The summed E-state index contributed by atoms with van der Waals surface area (Å²) in [6.45, 7) is 5.17. The highest BCUT2D eigenvalue weighted by atomic mass is 79.9. The number of carbonyl (C=O) groups excluding carboxylic acids is 1. The van der Waals surface area contributed by atoms with E-state index in [9.17, 15) is 4.79 Å². The summed E-state index contributed by atoms with van der Waals surface area (Å²) in [7, 11) is 0. The zero-order valence-electron chi connectivity index (χ0n) is 9.76. The number of halogens is 1. The summed E-state index contributed by atoms with van der Waals surface area (Å²) >= 11 is 3.60. The molecule has 88 valence electrons. The van der Waals surface area contributed by atoms with E-state index in [0.717, 1.165) is 25.8 Å². The van der Waals surface area contributed by atoms with Gasteiger partial charge in [-0.05, 0) is 25.2 Å². The molecule has 1 N–H and O–H groups in total. The molecule has 2 nitrogen and oxygen atoms in total. The maximum Gasteiger partial charge on any atom is 0.223 e. The zero-order valence-corrected chi connectivity index (χ0v) is 11.3. The van der Waals surface area contributed by atoms with Gasteiger partial charge in [-0.3, -0.25) is 4.79 Å². The maximum atomic E-state index is 11.7. The minimum absolute atomic E-state index is 0.265. The molecule has 0 heterocycles. The highest BCUT2D eigenvalue weighted by Crippen LogP contribution is 2.24. The van der Waals surface area contributed by atoms with E-state index in [1.807, 2.05) is 0 Å². The van der Waals surface area contributed by atoms with Gasteiger partial charge >= 0.3 is 0 Å². The minimum atomic E-state index is 0.265. The Kier molecular flexibility index (Phi) is 5.65. The lowest BCUT2D eigenvalue weighted by Crippen LogP contribution is -2.34. The lowest BCUT2D eigenvalue weighted by molar-refractivity contribution is -0.124. The number of hydrogen-bond acceptors (Lipinski definition) is 1. The molecule has 0 aromatic rings. The fourth-order valence-corrected chi connectivity index (χ4v) is 3.05. The van der Waals surface area contributed by atoms with Gasteiger partial charge in [0.05, 0.1) is 0 Å². The van der Waals surface area contributed by atoms with Gasteiger partial charge in [-0.25, -0.2) is 0 Å². The molecule has 0 radical (unpaired) electrons. The summed E-state index contributed by atoms with van der Waals surface area (Å²) in [6.07, 6.45) is 5.74.